The molecule has 2 aliphatic heterocycles. The molecule has 0 saturated heterocycles. The molecule has 30 heavy (non-hydrogen) atoms. The molecule has 5 nitrogen and oxygen atoms in total. The number of fused-ring (bicyclic) bond motifs is 3. The van der Waals surface area contributed by atoms with Crippen molar-refractivity contribution < 1.29 is 9.53 Å². The summed E-state index contributed by atoms with van der Waals surface area (Å²) in [6.07, 6.45) is 0.720. The Bertz CT molecular complexity index is 1050. The van der Waals surface area contributed by atoms with Crippen molar-refractivity contribution in [3.8, 4) is 5.75 Å². The van der Waals surface area contributed by atoms with Crippen molar-refractivity contribution in [2.75, 3.05) is 18.4 Å². The van der Waals surface area contributed by atoms with Crippen LogP contribution in [0.2, 0.25) is 0 Å². The van der Waals surface area contributed by atoms with Crippen LogP contribution in [0, 0.1) is 0 Å². The van der Waals surface area contributed by atoms with Gasteiger partial charge < -0.3 is 15.4 Å². The van der Waals surface area contributed by atoms with Gasteiger partial charge in [-0.25, -0.2) is 0 Å². The van der Waals surface area contributed by atoms with Crippen molar-refractivity contribution in [1.29, 1.82) is 0 Å². The third kappa shape index (κ3) is 3.68. The predicted molar refractivity (Wildman–Crippen MR) is 120 cm³/mol. The fourth-order valence-electron chi connectivity index (χ4n) is 4.10. The van der Waals surface area contributed by atoms with Crippen LogP contribution in [-0.2, 0) is 19.6 Å². The van der Waals surface area contributed by atoms with E-state index in [2.05, 4.69) is 22.5 Å². The minimum absolute atomic E-state index is 0.0283. The fraction of sp³-hybridized carbons (Fsp3) is 0.292. The van der Waals surface area contributed by atoms with Gasteiger partial charge >= 0.3 is 0 Å². The minimum atomic E-state index is -0.226. The molecule has 5 rings (SSSR count). The van der Waals surface area contributed by atoms with E-state index < -0.39 is 0 Å². The molecule has 0 fully saturated rings. The molecule has 2 aliphatic rings. The zero-order valence-corrected chi connectivity index (χ0v) is 17.8. The van der Waals surface area contributed by atoms with Crippen LogP contribution in [0.15, 0.2) is 54.6 Å². The van der Waals surface area contributed by atoms with Gasteiger partial charge in [-0.15, -0.1) is 11.3 Å². The van der Waals surface area contributed by atoms with Gasteiger partial charge in [0.25, 0.3) is 5.91 Å². The molecule has 0 bridgehead atoms. The summed E-state index contributed by atoms with van der Waals surface area (Å²) in [5, 5.41) is 7.66. The lowest BCUT2D eigenvalue weighted by Gasteiger charge is -2.28. The van der Waals surface area contributed by atoms with E-state index in [9.17, 15) is 4.79 Å². The summed E-state index contributed by atoms with van der Waals surface area (Å²) >= 11 is 1.73. The molecule has 3 heterocycles. The van der Waals surface area contributed by atoms with E-state index in [1.165, 1.54) is 10.4 Å². The molecule has 6 heteroatoms. The molecule has 0 aliphatic carbocycles. The number of nitrogens with one attached hydrogen (secondary N) is 2. The number of carbonyl (C=O) groups excluding carboxylic acids is 1. The van der Waals surface area contributed by atoms with Gasteiger partial charge in [0.15, 0.2) is 0 Å². The van der Waals surface area contributed by atoms with Crippen molar-refractivity contribution in [1.82, 2.24) is 10.2 Å². The highest BCUT2D eigenvalue weighted by Gasteiger charge is 2.33. The summed E-state index contributed by atoms with van der Waals surface area (Å²) in [6, 6.07) is 18.1. The first kappa shape index (κ1) is 19.2. The number of amides is 1. The van der Waals surface area contributed by atoms with Crippen LogP contribution in [0.5, 0.6) is 5.75 Å². The molecule has 2 N–H and O–H groups in total. The van der Waals surface area contributed by atoms with Crippen molar-refractivity contribution in [2.45, 2.75) is 32.7 Å². The van der Waals surface area contributed by atoms with Crippen molar-refractivity contribution in [3.63, 3.8) is 0 Å². The SMILES string of the molecule is CCN1CCc2c(sc3c2C(=O)N[C@H](c2ccc(OCc4ccccc4)cc2)N3)C1. The Kier molecular flexibility index (Phi) is 5.19. The monoisotopic (exact) mass is 419 g/mol. The summed E-state index contributed by atoms with van der Waals surface area (Å²) < 4.78 is 5.88. The maximum Gasteiger partial charge on any atom is 0.256 e. The first-order valence-electron chi connectivity index (χ1n) is 10.4. The Morgan fingerprint density at radius 3 is 2.67 bits per heavy atom. The molecule has 3 aromatic rings. The normalized spacial score (nSPS) is 18.2. The smallest absolute Gasteiger partial charge is 0.256 e. The van der Waals surface area contributed by atoms with Gasteiger partial charge in [-0.3, -0.25) is 9.69 Å². The van der Waals surface area contributed by atoms with E-state index in [4.69, 9.17) is 4.74 Å². The Hall–Kier alpha value is -2.83. The number of rotatable bonds is 5. The molecule has 154 valence electrons. The number of carbonyl (C=O) groups is 1. The van der Waals surface area contributed by atoms with Crippen LogP contribution < -0.4 is 15.4 Å². The van der Waals surface area contributed by atoms with Gasteiger partial charge in [0, 0.05) is 18.0 Å². The average molecular weight is 420 g/mol. The number of ether oxygens (including phenoxy) is 1. The van der Waals surface area contributed by atoms with Gasteiger partial charge in [-0.1, -0.05) is 49.4 Å². The molecular formula is C24H25N3O2S. The standard InChI is InChI=1S/C24H25N3O2S/c1-2-27-13-12-19-20(14-27)30-24-21(19)23(28)25-22(26-24)17-8-10-18(11-9-17)29-15-16-6-4-3-5-7-16/h3-11,22,26H,2,12-15H2,1H3,(H,25,28)/t22-/m0/s1. The summed E-state index contributed by atoms with van der Waals surface area (Å²) in [5.74, 6) is 0.845. The molecule has 0 spiro atoms. The first-order chi connectivity index (χ1) is 14.7. The highest BCUT2D eigenvalue weighted by atomic mass is 32.1. The third-order valence-electron chi connectivity index (χ3n) is 5.82. The zero-order chi connectivity index (χ0) is 20.5. The van der Waals surface area contributed by atoms with Gasteiger partial charge in [-0.05, 0) is 41.8 Å². The molecule has 0 radical (unpaired) electrons. The van der Waals surface area contributed by atoms with E-state index in [1.54, 1.807) is 11.3 Å². The second kappa shape index (κ2) is 8.13. The van der Waals surface area contributed by atoms with E-state index in [-0.39, 0.29) is 12.1 Å². The highest BCUT2D eigenvalue weighted by molar-refractivity contribution is 7.16. The summed E-state index contributed by atoms with van der Waals surface area (Å²) in [5.41, 5.74) is 4.24. The third-order valence-corrected chi connectivity index (χ3v) is 6.97. The van der Waals surface area contributed by atoms with Crippen LogP contribution in [0.4, 0.5) is 5.00 Å². The van der Waals surface area contributed by atoms with Gasteiger partial charge in [0.05, 0.1) is 5.56 Å². The second-order valence-electron chi connectivity index (χ2n) is 7.72. The Labute approximate surface area is 180 Å². The van der Waals surface area contributed by atoms with E-state index >= 15 is 0 Å². The summed E-state index contributed by atoms with van der Waals surface area (Å²) in [7, 11) is 0. The lowest BCUT2D eigenvalue weighted by atomic mass is 10.0. The number of hydrogen-bond acceptors (Lipinski definition) is 5. The number of nitrogens with zero attached hydrogens (tertiary/aromatic N) is 1. The number of hydrogen-bond donors (Lipinski definition) is 2. The molecular weight excluding hydrogens is 394 g/mol. The molecule has 1 atom stereocenters. The zero-order valence-electron chi connectivity index (χ0n) is 17.0. The van der Waals surface area contributed by atoms with E-state index in [1.807, 2.05) is 54.6 Å². The van der Waals surface area contributed by atoms with Crippen LogP contribution >= 0.6 is 11.3 Å². The van der Waals surface area contributed by atoms with Crippen molar-refractivity contribution in [3.05, 3.63) is 81.7 Å². The summed E-state index contributed by atoms with van der Waals surface area (Å²) in [4.78, 5) is 16.6. The molecule has 0 saturated carbocycles. The minimum Gasteiger partial charge on any atom is -0.489 e. The molecule has 0 unspecified atom stereocenters. The maximum atomic E-state index is 12.9. The van der Waals surface area contributed by atoms with Gasteiger partial charge in [0.2, 0.25) is 0 Å². The second-order valence-corrected chi connectivity index (χ2v) is 8.83. The van der Waals surface area contributed by atoms with Crippen LogP contribution in [0.1, 0.15) is 45.0 Å². The quantitative estimate of drug-likeness (QED) is 0.637. The predicted octanol–water partition coefficient (Wildman–Crippen LogP) is 4.56. The Morgan fingerprint density at radius 2 is 1.90 bits per heavy atom. The summed E-state index contributed by atoms with van der Waals surface area (Å²) in [6.45, 7) is 5.73. The van der Waals surface area contributed by atoms with Crippen molar-refractivity contribution >= 4 is 22.2 Å². The van der Waals surface area contributed by atoms with Crippen LogP contribution in [0.3, 0.4) is 0 Å². The van der Waals surface area contributed by atoms with Crippen LogP contribution in [0.25, 0.3) is 0 Å². The molecule has 2 aromatic carbocycles. The van der Waals surface area contributed by atoms with Gasteiger partial charge in [0.1, 0.15) is 23.5 Å². The molecule has 1 aromatic heterocycles. The number of benzene rings is 2. The lowest BCUT2D eigenvalue weighted by molar-refractivity contribution is 0.0934. The maximum absolute atomic E-state index is 12.9. The fourth-order valence-corrected chi connectivity index (χ4v) is 5.42. The number of thiophene rings is 1. The van der Waals surface area contributed by atoms with Crippen LogP contribution in [-0.4, -0.2) is 23.9 Å². The largest absolute Gasteiger partial charge is 0.489 e. The lowest BCUT2D eigenvalue weighted by Crippen LogP contribution is -2.38. The van der Waals surface area contributed by atoms with E-state index in [0.717, 1.165) is 53.5 Å². The van der Waals surface area contributed by atoms with E-state index in [0.29, 0.717) is 6.61 Å². The molecule has 1 amide bonds. The average Bonchev–Trinajstić information content (AvgIpc) is 3.16. The number of likely N-dealkylation sites (N-methyl/N-ethyl adjacent to an activating group) is 1. The van der Waals surface area contributed by atoms with Crippen molar-refractivity contribution in [2.24, 2.45) is 0 Å². The van der Waals surface area contributed by atoms with Gasteiger partial charge in [-0.2, -0.15) is 0 Å². The first-order valence-corrected chi connectivity index (χ1v) is 11.2. The highest BCUT2D eigenvalue weighted by Crippen LogP contribution is 2.40. The Morgan fingerprint density at radius 1 is 1.10 bits per heavy atom. The topological polar surface area (TPSA) is 53.6 Å². The Balaban J connectivity index is 1.29. The number of anilines is 1.